The Labute approximate surface area is 96.3 Å². The second kappa shape index (κ2) is 5.10. The third kappa shape index (κ3) is 2.60. The second-order valence-electron chi connectivity index (χ2n) is 4.37. The maximum Gasteiger partial charge on any atom is 0.228 e. The van der Waals surface area contributed by atoms with Crippen molar-refractivity contribution in [2.75, 3.05) is 5.32 Å². The molecule has 3 nitrogen and oxygen atoms in total. The Morgan fingerprint density at radius 2 is 2.25 bits per heavy atom. The van der Waals surface area contributed by atoms with Crippen molar-refractivity contribution in [3.8, 4) is 0 Å². The number of hydrogen-bond acceptors (Lipinski definition) is 2. The van der Waals surface area contributed by atoms with Gasteiger partial charge in [-0.2, -0.15) is 0 Å². The van der Waals surface area contributed by atoms with Crippen LogP contribution in [-0.4, -0.2) is 10.9 Å². The molecule has 1 aromatic heterocycles. The maximum absolute atomic E-state index is 11.9. The molecule has 0 atom stereocenters. The molecular formula is C13H18N2O. The van der Waals surface area contributed by atoms with E-state index < -0.39 is 0 Å². The summed E-state index contributed by atoms with van der Waals surface area (Å²) in [6.45, 7) is 2.10. The molecule has 0 bridgehead atoms. The summed E-state index contributed by atoms with van der Waals surface area (Å²) in [7, 11) is 0. The van der Waals surface area contributed by atoms with Crippen LogP contribution in [0.3, 0.4) is 0 Å². The van der Waals surface area contributed by atoms with Crippen LogP contribution in [0.5, 0.6) is 0 Å². The number of aromatic nitrogens is 1. The van der Waals surface area contributed by atoms with Crippen molar-refractivity contribution in [1.82, 2.24) is 4.98 Å². The van der Waals surface area contributed by atoms with Crippen molar-refractivity contribution in [1.29, 1.82) is 0 Å². The van der Waals surface area contributed by atoms with Crippen LogP contribution in [0.4, 0.5) is 5.82 Å². The largest absolute Gasteiger partial charge is 0.310 e. The van der Waals surface area contributed by atoms with Gasteiger partial charge in [-0.15, -0.1) is 0 Å². The van der Waals surface area contributed by atoms with Crippen molar-refractivity contribution in [2.24, 2.45) is 5.92 Å². The molecule has 1 amide bonds. The molecule has 1 saturated carbocycles. The SMILES string of the molecule is CCc1ccnc(NC(=O)C2CCCC2)c1. The van der Waals surface area contributed by atoms with E-state index in [1.807, 2.05) is 12.1 Å². The Hall–Kier alpha value is -1.38. The monoisotopic (exact) mass is 218 g/mol. The molecule has 0 saturated heterocycles. The van der Waals surface area contributed by atoms with Crippen LogP contribution in [-0.2, 0) is 11.2 Å². The van der Waals surface area contributed by atoms with Crippen molar-refractivity contribution in [2.45, 2.75) is 39.0 Å². The van der Waals surface area contributed by atoms with Gasteiger partial charge >= 0.3 is 0 Å². The van der Waals surface area contributed by atoms with Gasteiger partial charge in [0.2, 0.25) is 5.91 Å². The zero-order valence-corrected chi connectivity index (χ0v) is 9.70. The van der Waals surface area contributed by atoms with Gasteiger partial charge in [0, 0.05) is 12.1 Å². The third-order valence-electron chi connectivity index (χ3n) is 3.21. The molecule has 2 rings (SSSR count). The highest BCUT2D eigenvalue weighted by atomic mass is 16.1. The average molecular weight is 218 g/mol. The quantitative estimate of drug-likeness (QED) is 0.847. The van der Waals surface area contributed by atoms with Crippen LogP contribution in [0.25, 0.3) is 0 Å². The van der Waals surface area contributed by atoms with Gasteiger partial charge in [-0.05, 0) is 37.0 Å². The van der Waals surface area contributed by atoms with Gasteiger partial charge in [0.25, 0.3) is 0 Å². The molecule has 1 heterocycles. The van der Waals surface area contributed by atoms with Crippen LogP contribution < -0.4 is 5.32 Å². The molecule has 1 aliphatic carbocycles. The van der Waals surface area contributed by atoms with E-state index in [0.29, 0.717) is 5.82 Å². The van der Waals surface area contributed by atoms with E-state index in [0.717, 1.165) is 19.3 Å². The van der Waals surface area contributed by atoms with Gasteiger partial charge in [-0.25, -0.2) is 4.98 Å². The molecule has 0 spiro atoms. The molecule has 1 aromatic rings. The number of nitrogens with one attached hydrogen (secondary N) is 1. The minimum absolute atomic E-state index is 0.137. The smallest absolute Gasteiger partial charge is 0.228 e. The Bertz CT molecular complexity index is 370. The van der Waals surface area contributed by atoms with Crippen LogP contribution in [0, 0.1) is 5.92 Å². The van der Waals surface area contributed by atoms with Crippen LogP contribution in [0.15, 0.2) is 18.3 Å². The number of nitrogens with zero attached hydrogens (tertiary/aromatic N) is 1. The van der Waals surface area contributed by atoms with Gasteiger partial charge in [0.05, 0.1) is 0 Å². The Kier molecular flexibility index (Phi) is 3.54. The molecule has 1 fully saturated rings. The fourth-order valence-corrected chi connectivity index (χ4v) is 2.18. The van der Waals surface area contributed by atoms with E-state index in [4.69, 9.17) is 0 Å². The first-order valence-electron chi connectivity index (χ1n) is 6.05. The fraction of sp³-hybridized carbons (Fsp3) is 0.538. The summed E-state index contributed by atoms with van der Waals surface area (Å²) in [6, 6.07) is 3.93. The number of anilines is 1. The Balaban J connectivity index is 1.99. The molecule has 0 aromatic carbocycles. The summed E-state index contributed by atoms with van der Waals surface area (Å²) in [5.74, 6) is 1.03. The molecule has 0 radical (unpaired) electrons. The highest BCUT2D eigenvalue weighted by Crippen LogP contribution is 2.25. The number of hydrogen-bond donors (Lipinski definition) is 1. The van der Waals surface area contributed by atoms with Gasteiger partial charge in [-0.3, -0.25) is 4.79 Å². The van der Waals surface area contributed by atoms with Crippen molar-refractivity contribution < 1.29 is 4.79 Å². The number of aryl methyl sites for hydroxylation is 1. The summed E-state index contributed by atoms with van der Waals surface area (Å²) in [6.07, 6.45) is 7.14. The number of pyridine rings is 1. The molecule has 3 heteroatoms. The minimum atomic E-state index is 0.137. The lowest BCUT2D eigenvalue weighted by Gasteiger charge is -2.10. The zero-order chi connectivity index (χ0) is 11.4. The van der Waals surface area contributed by atoms with Crippen LogP contribution in [0.1, 0.15) is 38.2 Å². The lowest BCUT2D eigenvalue weighted by atomic mass is 10.1. The van der Waals surface area contributed by atoms with E-state index in [2.05, 4.69) is 17.2 Å². The van der Waals surface area contributed by atoms with E-state index in [1.165, 1.54) is 18.4 Å². The van der Waals surface area contributed by atoms with Crippen LogP contribution >= 0.6 is 0 Å². The molecule has 0 aliphatic heterocycles. The highest BCUT2D eigenvalue weighted by Gasteiger charge is 2.22. The standard InChI is InChI=1S/C13H18N2O/c1-2-10-7-8-14-12(9-10)15-13(16)11-5-3-4-6-11/h7-9,11H,2-6H2,1H3,(H,14,15,16). The summed E-state index contributed by atoms with van der Waals surface area (Å²) in [5, 5.41) is 2.91. The van der Waals surface area contributed by atoms with Gasteiger partial charge in [-0.1, -0.05) is 19.8 Å². The van der Waals surface area contributed by atoms with Gasteiger partial charge in [0.1, 0.15) is 5.82 Å². The summed E-state index contributed by atoms with van der Waals surface area (Å²) in [4.78, 5) is 16.0. The molecule has 0 unspecified atom stereocenters. The Morgan fingerprint density at radius 3 is 2.94 bits per heavy atom. The van der Waals surface area contributed by atoms with Crippen LogP contribution in [0.2, 0.25) is 0 Å². The summed E-state index contributed by atoms with van der Waals surface area (Å²) >= 11 is 0. The van der Waals surface area contributed by atoms with E-state index in [9.17, 15) is 4.79 Å². The lowest BCUT2D eigenvalue weighted by molar-refractivity contribution is -0.119. The van der Waals surface area contributed by atoms with Crippen molar-refractivity contribution in [3.63, 3.8) is 0 Å². The molecule has 16 heavy (non-hydrogen) atoms. The maximum atomic E-state index is 11.9. The fourth-order valence-electron chi connectivity index (χ4n) is 2.18. The van der Waals surface area contributed by atoms with E-state index in [-0.39, 0.29) is 11.8 Å². The average Bonchev–Trinajstić information content (AvgIpc) is 2.83. The van der Waals surface area contributed by atoms with Crippen molar-refractivity contribution >= 4 is 11.7 Å². The first kappa shape index (κ1) is 11.1. The summed E-state index contributed by atoms with van der Waals surface area (Å²) < 4.78 is 0. The first-order chi connectivity index (χ1) is 7.79. The van der Waals surface area contributed by atoms with Gasteiger partial charge in [0.15, 0.2) is 0 Å². The third-order valence-corrected chi connectivity index (χ3v) is 3.21. The predicted octanol–water partition coefficient (Wildman–Crippen LogP) is 2.77. The number of rotatable bonds is 3. The second-order valence-corrected chi connectivity index (χ2v) is 4.37. The molecule has 86 valence electrons. The molecule has 1 aliphatic rings. The Morgan fingerprint density at radius 1 is 1.50 bits per heavy atom. The molecular weight excluding hydrogens is 200 g/mol. The normalized spacial score (nSPS) is 16.3. The highest BCUT2D eigenvalue weighted by molar-refractivity contribution is 5.91. The van der Waals surface area contributed by atoms with Gasteiger partial charge < -0.3 is 5.32 Å². The number of amides is 1. The minimum Gasteiger partial charge on any atom is -0.310 e. The number of carbonyl (C=O) groups is 1. The summed E-state index contributed by atoms with van der Waals surface area (Å²) in [5.41, 5.74) is 1.21. The van der Waals surface area contributed by atoms with E-state index in [1.54, 1.807) is 6.20 Å². The number of carbonyl (C=O) groups excluding carboxylic acids is 1. The predicted molar refractivity (Wildman–Crippen MR) is 64.2 cm³/mol. The topological polar surface area (TPSA) is 42.0 Å². The molecule has 1 N–H and O–H groups in total. The van der Waals surface area contributed by atoms with Crippen molar-refractivity contribution in [3.05, 3.63) is 23.9 Å². The first-order valence-corrected chi connectivity index (χ1v) is 6.05. The lowest BCUT2D eigenvalue weighted by Crippen LogP contribution is -2.20. The van der Waals surface area contributed by atoms with E-state index >= 15 is 0 Å². The zero-order valence-electron chi connectivity index (χ0n) is 9.70.